The molecule has 1 unspecified atom stereocenters. The zero-order valence-corrected chi connectivity index (χ0v) is 25.4. The van der Waals surface area contributed by atoms with E-state index in [1.165, 1.54) is 18.2 Å². The van der Waals surface area contributed by atoms with Gasteiger partial charge in [0.1, 0.15) is 11.5 Å². The number of rotatable bonds is 8. The summed E-state index contributed by atoms with van der Waals surface area (Å²) in [5.74, 6) is 0.599. The van der Waals surface area contributed by atoms with E-state index >= 15 is 0 Å². The average molecular weight is 601 g/mol. The first-order chi connectivity index (χ1) is 21.9. The SMILES string of the molecule is COC(=O)c1cccc(C(=O)N2N=C(c3ccc(OC)cc3)CC2c2cn(-c3ccc(OC)cc3)nc2-c2ccc(C)cc2)c1. The van der Waals surface area contributed by atoms with Crippen LogP contribution < -0.4 is 9.47 Å². The van der Waals surface area contributed by atoms with E-state index in [0.29, 0.717) is 12.0 Å². The lowest BCUT2D eigenvalue weighted by Gasteiger charge is -2.22. The molecule has 0 N–H and O–H groups in total. The highest BCUT2D eigenvalue weighted by molar-refractivity contribution is 6.05. The summed E-state index contributed by atoms with van der Waals surface area (Å²) in [6, 6.07) is 29.4. The molecule has 1 atom stereocenters. The lowest BCUT2D eigenvalue weighted by atomic mass is 9.95. The molecule has 1 amide bonds. The maximum Gasteiger partial charge on any atom is 0.337 e. The van der Waals surface area contributed by atoms with Crippen LogP contribution in [0.25, 0.3) is 16.9 Å². The second-order valence-electron chi connectivity index (χ2n) is 10.7. The van der Waals surface area contributed by atoms with Gasteiger partial charge in [-0.2, -0.15) is 10.2 Å². The fraction of sp³-hybridized carbons (Fsp3) is 0.167. The molecule has 1 aliphatic heterocycles. The number of ether oxygens (including phenoxy) is 3. The van der Waals surface area contributed by atoms with Gasteiger partial charge in [-0.15, -0.1) is 0 Å². The number of carbonyl (C=O) groups is 2. The van der Waals surface area contributed by atoms with Gasteiger partial charge in [-0.25, -0.2) is 14.5 Å². The highest BCUT2D eigenvalue weighted by atomic mass is 16.5. The molecular weight excluding hydrogens is 568 g/mol. The number of nitrogens with zero attached hydrogens (tertiary/aromatic N) is 4. The first-order valence-corrected chi connectivity index (χ1v) is 14.4. The molecule has 0 bridgehead atoms. The van der Waals surface area contributed by atoms with Crippen molar-refractivity contribution in [3.63, 3.8) is 0 Å². The number of benzene rings is 4. The molecular formula is C36H32N4O5. The van der Waals surface area contributed by atoms with Crippen molar-refractivity contribution >= 4 is 17.6 Å². The van der Waals surface area contributed by atoms with E-state index in [4.69, 9.17) is 24.4 Å². The molecule has 2 heterocycles. The highest BCUT2D eigenvalue weighted by Gasteiger charge is 2.37. The maximum atomic E-state index is 14.2. The van der Waals surface area contributed by atoms with Crippen molar-refractivity contribution in [3.8, 4) is 28.4 Å². The minimum Gasteiger partial charge on any atom is -0.497 e. The highest BCUT2D eigenvalue weighted by Crippen LogP contribution is 2.39. The fourth-order valence-electron chi connectivity index (χ4n) is 5.36. The van der Waals surface area contributed by atoms with Gasteiger partial charge >= 0.3 is 5.97 Å². The molecule has 6 rings (SSSR count). The number of aromatic nitrogens is 2. The molecule has 9 nitrogen and oxygen atoms in total. The topological polar surface area (TPSA) is 95.2 Å². The summed E-state index contributed by atoms with van der Waals surface area (Å²) in [5, 5.41) is 11.4. The van der Waals surface area contributed by atoms with Crippen LogP contribution in [0.2, 0.25) is 0 Å². The second-order valence-corrected chi connectivity index (χ2v) is 10.7. The van der Waals surface area contributed by atoms with Crippen LogP contribution in [0, 0.1) is 6.92 Å². The molecule has 226 valence electrons. The van der Waals surface area contributed by atoms with Crippen molar-refractivity contribution in [2.24, 2.45) is 5.10 Å². The fourth-order valence-corrected chi connectivity index (χ4v) is 5.36. The zero-order chi connectivity index (χ0) is 31.5. The van der Waals surface area contributed by atoms with Crippen LogP contribution in [0.5, 0.6) is 11.5 Å². The van der Waals surface area contributed by atoms with Crippen LogP contribution in [-0.2, 0) is 4.74 Å². The summed E-state index contributed by atoms with van der Waals surface area (Å²) in [4.78, 5) is 26.5. The molecule has 0 fully saturated rings. The summed E-state index contributed by atoms with van der Waals surface area (Å²) < 4.78 is 17.4. The Kier molecular flexibility index (Phi) is 8.16. The van der Waals surface area contributed by atoms with Crippen molar-refractivity contribution in [1.82, 2.24) is 14.8 Å². The Labute approximate surface area is 261 Å². The van der Waals surface area contributed by atoms with Crippen LogP contribution in [0.4, 0.5) is 0 Å². The van der Waals surface area contributed by atoms with Gasteiger partial charge in [0.25, 0.3) is 5.91 Å². The van der Waals surface area contributed by atoms with Crippen LogP contribution >= 0.6 is 0 Å². The van der Waals surface area contributed by atoms with E-state index in [-0.39, 0.29) is 11.5 Å². The van der Waals surface area contributed by atoms with Crippen molar-refractivity contribution in [3.05, 3.63) is 131 Å². The molecule has 4 aromatic carbocycles. The number of hydrazone groups is 1. The average Bonchev–Trinajstić information content (AvgIpc) is 3.73. The van der Waals surface area contributed by atoms with E-state index in [1.54, 1.807) is 32.4 Å². The summed E-state index contributed by atoms with van der Waals surface area (Å²) in [6.07, 6.45) is 2.40. The Bertz CT molecular complexity index is 1880. The Morgan fingerprint density at radius 3 is 2.04 bits per heavy atom. The monoisotopic (exact) mass is 600 g/mol. The quantitative estimate of drug-likeness (QED) is 0.185. The number of hydrogen-bond donors (Lipinski definition) is 0. The molecule has 0 radical (unpaired) electrons. The molecule has 45 heavy (non-hydrogen) atoms. The van der Waals surface area contributed by atoms with Gasteiger partial charge in [-0.3, -0.25) is 4.79 Å². The summed E-state index contributed by atoms with van der Waals surface area (Å²) in [7, 11) is 4.56. The number of esters is 1. The normalized spacial score (nSPS) is 14.2. The van der Waals surface area contributed by atoms with Crippen LogP contribution in [0.3, 0.4) is 0 Å². The van der Waals surface area contributed by atoms with Crippen molar-refractivity contribution in [2.75, 3.05) is 21.3 Å². The van der Waals surface area contributed by atoms with E-state index in [1.807, 2.05) is 90.6 Å². The van der Waals surface area contributed by atoms with Crippen molar-refractivity contribution in [2.45, 2.75) is 19.4 Å². The smallest absolute Gasteiger partial charge is 0.337 e. The van der Waals surface area contributed by atoms with Gasteiger partial charge < -0.3 is 14.2 Å². The molecule has 0 saturated heterocycles. The number of aryl methyl sites for hydroxylation is 1. The third kappa shape index (κ3) is 5.92. The Balaban J connectivity index is 1.48. The van der Waals surface area contributed by atoms with E-state index in [0.717, 1.165) is 50.8 Å². The Morgan fingerprint density at radius 1 is 0.778 bits per heavy atom. The number of carbonyl (C=O) groups excluding carboxylic acids is 2. The van der Waals surface area contributed by atoms with Gasteiger partial charge in [0.15, 0.2) is 0 Å². The molecule has 1 aromatic heterocycles. The summed E-state index contributed by atoms with van der Waals surface area (Å²) in [5.41, 5.74) is 6.68. The second kappa shape index (κ2) is 12.5. The van der Waals surface area contributed by atoms with E-state index in [9.17, 15) is 9.59 Å². The van der Waals surface area contributed by atoms with Crippen molar-refractivity contribution in [1.29, 1.82) is 0 Å². The van der Waals surface area contributed by atoms with Crippen molar-refractivity contribution < 1.29 is 23.8 Å². The maximum absolute atomic E-state index is 14.2. The van der Waals surface area contributed by atoms with Gasteiger partial charge in [-0.1, -0.05) is 35.9 Å². The van der Waals surface area contributed by atoms with Crippen LogP contribution in [0.1, 0.15) is 49.9 Å². The Morgan fingerprint density at radius 2 is 1.40 bits per heavy atom. The van der Waals surface area contributed by atoms with E-state index in [2.05, 4.69) is 0 Å². The zero-order valence-electron chi connectivity index (χ0n) is 25.4. The summed E-state index contributed by atoms with van der Waals surface area (Å²) >= 11 is 0. The lowest BCUT2D eigenvalue weighted by Crippen LogP contribution is -2.27. The predicted octanol–water partition coefficient (Wildman–Crippen LogP) is 6.64. The van der Waals surface area contributed by atoms with Gasteiger partial charge in [0.2, 0.25) is 0 Å². The Hall–Kier alpha value is -5.70. The standard InChI is InChI=1S/C36H32N4O5/c1-23-8-10-25(11-9-23)34-31(22-39(38-34)28-14-18-30(44-3)19-15-28)33-21-32(24-12-16-29(43-2)17-13-24)37-40(33)35(41)26-6-5-7-27(20-26)36(42)45-4/h5-20,22,33H,21H2,1-4H3. The predicted molar refractivity (Wildman–Crippen MR) is 171 cm³/mol. The third-order valence-electron chi connectivity index (χ3n) is 7.84. The third-order valence-corrected chi connectivity index (χ3v) is 7.84. The number of hydrogen-bond acceptors (Lipinski definition) is 7. The lowest BCUT2D eigenvalue weighted by molar-refractivity contribution is 0.0600. The molecule has 9 heteroatoms. The first-order valence-electron chi connectivity index (χ1n) is 14.4. The van der Waals surface area contributed by atoms with Crippen LogP contribution in [-0.4, -0.2) is 53.7 Å². The minimum atomic E-state index is -0.521. The first kappa shape index (κ1) is 29.4. The van der Waals surface area contributed by atoms with Gasteiger partial charge in [0.05, 0.1) is 50.0 Å². The molecule has 0 aliphatic carbocycles. The minimum absolute atomic E-state index is 0.283. The van der Waals surface area contributed by atoms with Crippen LogP contribution in [0.15, 0.2) is 108 Å². The van der Waals surface area contributed by atoms with E-state index < -0.39 is 12.0 Å². The molecule has 5 aromatic rings. The van der Waals surface area contributed by atoms with Gasteiger partial charge in [-0.05, 0) is 79.2 Å². The number of amides is 1. The molecule has 0 saturated carbocycles. The summed E-state index contributed by atoms with van der Waals surface area (Å²) in [6.45, 7) is 2.04. The molecule has 0 spiro atoms. The van der Waals surface area contributed by atoms with Gasteiger partial charge in [0, 0.05) is 29.3 Å². The molecule has 1 aliphatic rings. The largest absolute Gasteiger partial charge is 0.497 e. The number of methoxy groups -OCH3 is 3.